The molecule has 0 bridgehead atoms. The highest BCUT2D eigenvalue weighted by molar-refractivity contribution is 6.03. The monoisotopic (exact) mass is 295 g/mol. The van der Waals surface area contributed by atoms with Crippen LogP contribution in [0.15, 0.2) is 0 Å². The Bertz CT molecular complexity index is 420. The lowest BCUT2D eigenvalue weighted by atomic mass is 9.84. The van der Waals surface area contributed by atoms with Gasteiger partial charge in [-0.25, -0.2) is 0 Å². The summed E-state index contributed by atoms with van der Waals surface area (Å²) in [7, 11) is 0. The summed E-state index contributed by atoms with van der Waals surface area (Å²) >= 11 is 0. The third-order valence-electron chi connectivity index (χ3n) is 4.59. The van der Waals surface area contributed by atoms with Crippen molar-refractivity contribution in [2.24, 2.45) is 23.2 Å². The second-order valence-electron chi connectivity index (χ2n) is 7.57. The van der Waals surface area contributed by atoms with Gasteiger partial charge in [0.1, 0.15) is 5.78 Å². The van der Waals surface area contributed by atoms with E-state index < -0.39 is 0 Å². The van der Waals surface area contributed by atoms with Gasteiger partial charge < -0.3 is 0 Å². The molecule has 1 heterocycles. The summed E-state index contributed by atoms with van der Waals surface area (Å²) in [6.07, 6.45) is 1.31. The molecular weight excluding hydrogens is 266 g/mol. The molecule has 4 nitrogen and oxygen atoms in total. The van der Waals surface area contributed by atoms with Crippen LogP contribution in [0.5, 0.6) is 0 Å². The van der Waals surface area contributed by atoms with E-state index in [0.29, 0.717) is 31.7 Å². The minimum Gasteiger partial charge on any atom is -0.299 e. The zero-order chi connectivity index (χ0) is 16.4. The number of hydrogen-bond donors (Lipinski definition) is 0. The van der Waals surface area contributed by atoms with Crippen LogP contribution in [0.1, 0.15) is 60.8 Å². The molecule has 2 atom stereocenters. The lowest BCUT2D eigenvalue weighted by Crippen LogP contribution is -2.34. The molecule has 0 saturated carbocycles. The lowest BCUT2D eigenvalue weighted by Gasteiger charge is -2.22. The van der Waals surface area contributed by atoms with E-state index in [4.69, 9.17) is 0 Å². The van der Waals surface area contributed by atoms with Crippen molar-refractivity contribution < 1.29 is 14.4 Å². The van der Waals surface area contributed by atoms with E-state index in [1.165, 1.54) is 4.90 Å². The van der Waals surface area contributed by atoms with Crippen LogP contribution in [-0.4, -0.2) is 29.0 Å². The van der Waals surface area contributed by atoms with Crippen LogP contribution in [0, 0.1) is 23.2 Å². The average molecular weight is 295 g/mol. The predicted molar refractivity (Wildman–Crippen MR) is 82.5 cm³/mol. The summed E-state index contributed by atoms with van der Waals surface area (Å²) in [4.78, 5) is 37.6. The van der Waals surface area contributed by atoms with Crippen molar-refractivity contribution in [3.63, 3.8) is 0 Å². The number of nitrogens with zero attached hydrogens (tertiary/aromatic N) is 1. The summed E-state index contributed by atoms with van der Waals surface area (Å²) in [5, 5.41) is 0. The van der Waals surface area contributed by atoms with E-state index in [1.807, 2.05) is 27.7 Å². The van der Waals surface area contributed by atoms with Crippen molar-refractivity contribution in [1.82, 2.24) is 4.90 Å². The van der Waals surface area contributed by atoms with Gasteiger partial charge >= 0.3 is 0 Å². The van der Waals surface area contributed by atoms with Gasteiger partial charge in [-0.15, -0.1) is 0 Å². The van der Waals surface area contributed by atoms with Crippen LogP contribution < -0.4 is 0 Å². The zero-order valence-corrected chi connectivity index (χ0v) is 14.2. The van der Waals surface area contributed by atoms with Crippen molar-refractivity contribution in [3.05, 3.63) is 0 Å². The van der Waals surface area contributed by atoms with E-state index in [2.05, 4.69) is 13.8 Å². The highest BCUT2D eigenvalue weighted by Gasteiger charge is 2.41. The molecule has 0 aromatic carbocycles. The molecule has 0 aromatic heterocycles. The molecule has 0 spiro atoms. The molecule has 2 unspecified atom stereocenters. The van der Waals surface area contributed by atoms with Crippen LogP contribution in [-0.2, 0) is 14.4 Å². The quantitative estimate of drug-likeness (QED) is 0.708. The standard InChI is InChI=1S/C17H29NO3/c1-11(2)12(3)13-10-15(20)18(16(13)21)9-7-8-14(19)17(4,5)6/h11-13H,7-10H2,1-6H3. The number of imide groups is 1. The van der Waals surface area contributed by atoms with Crippen LogP contribution >= 0.6 is 0 Å². The van der Waals surface area contributed by atoms with E-state index in [-0.39, 0.29) is 34.8 Å². The Morgan fingerprint density at radius 3 is 2.29 bits per heavy atom. The van der Waals surface area contributed by atoms with Crippen molar-refractivity contribution in [3.8, 4) is 0 Å². The van der Waals surface area contributed by atoms with Crippen molar-refractivity contribution in [1.29, 1.82) is 0 Å². The molecule has 0 N–H and O–H groups in total. The number of carbonyl (C=O) groups excluding carboxylic acids is 3. The first-order valence-corrected chi connectivity index (χ1v) is 7.93. The first-order valence-electron chi connectivity index (χ1n) is 7.93. The number of amides is 2. The molecule has 1 saturated heterocycles. The molecule has 21 heavy (non-hydrogen) atoms. The Balaban J connectivity index is 2.55. The second-order valence-corrected chi connectivity index (χ2v) is 7.57. The summed E-state index contributed by atoms with van der Waals surface area (Å²) in [5.41, 5.74) is -0.353. The number of ketones is 1. The normalized spacial score (nSPS) is 21.3. The number of Topliss-reactive ketones (excluding diaryl/α,β-unsaturated/α-hetero) is 1. The minimum atomic E-state index is -0.353. The molecule has 0 aromatic rings. The summed E-state index contributed by atoms with van der Waals surface area (Å²) in [6, 6.07) is 0. The summed E-state index contributed by atoms with van der Waals surface area (Å²) < 4.78 is 0. The molecule has 1 aliphatic rings. The van der Waals surface area contributed by atoms with E-state index in [9.17, 15) is 14.4 Å². The van der Waals surface area contributed by atoms with Crippen molar-refractivity contribution in [2.45, 2.75) is 60.8 Å². The molecule has 2 amide bonds. The smallest absolute Gasteiger partial charge is 0.233 e. The third kappa shape index (κ3) is 4.39. The maximum atomic E-state index is 12.4. The Hall–Kier alpha value is -1.19. The van der Waals surface area contributed by atoms with Gasteiger partial charge in [0.05, 0.1) is 5.92 Å². The Morgan fingerprint density at radius 1 is 1.24 bits per heavy atom. The number of hydrogen-bond acceptors (Lipinski definition) is 3. The maximum Gasteiger partial charge on any atom is 0.233 e. The molecule has 4 heteroatoms. The fourth-order valence-electron chi connectivity index (χ4n) is 2.59. The van der Waals surface area contributed by atoms with Gasteiger partial charge in [-0.2, -0.15) is 0 Å². The Morgan fingerprint density at radius 2 is 1.81 bits per heavy atom. The van der Waals surface area contributed by atoms with Gasteiger partial charge in [-0.05, 0) is 18.3 Å². The van der Waals surface area contributed by atoms with Crippen LogP contribution in [0.4, 0.5) is 0 Å². The maximum absolute atomic E-state index is 12.4. The first-order chi connectivity index (χ1) is 9.55. The van der Waals surface area contributed by atoms with E-state index in [1.54, 1.807) is 0 Å². The SMILES string of the molecule is CC(C)C(C)C1CC(=O)N(CCCC(=O)C(C)(C)C)C1=O. The Kier molecular flexibility index (Phi) is 5.71. The van der Waals surface area contributed by atoms with Crippen LogP contribution in [0.25, 0.3) is 0 Å². The molecule has 0 aliphatic carbocycles. The third-order valence-corrected chi connectivity index (χ3v) is 4.59. The van der Waals surface area contributed by atoms with Crippen molar-refractivity contribution >= 4 is 17.6 Å². The molecule has 1 rings (SSSR count). The molecule has 120 valence electrons. The highest BCUT2D eigenvalue weighted by atomic mass is 16.2. The van der Waals surface area contributed by atoms with Gasteiger partial charge in [0.25, 0.3) is 0 Å². The van der Waals surface area contributed by atoms with Crippen LogP contribution in [0.3, 0.4) is 0 Å². The molecular formula is C17H29NO3. The van der Waals surface area contributed by atoms with Gasteiger partial charge in [0.2, 0.25) is 11.8 Å². The fourth-order valence-corrected chi connectivity index (χ4v) is 2.59. The lowest BCUT2D eigenvalue weighted by molar-refractivity contribution is -0.140. The van der Waals surface area contributed by atoms with E-state index in [0.717, 1.165) is 0 Å². The largest absolute Gasteiger partial charge is 0.299 e. The minimum absolute atomic E-state index is 0.0515. The van der Waals surface area contributed by atoms with Crippen molar-refractivity contribution in [2.75, 3.05) is 6.54 Å². The number of rotatable bonds is 6. The van der Waals surface area contributed by atoms with Gasteiger partial charge in [0.15, 0.2) is 0 Å². The second kappa shape index (κ2) is 6.71. The fraction of sp³-hybridized carbons (Fsp3) is 0.824. The van der Waals surface area contributed by atoms with E-state index >= 15 is 0 Å². The van der Waals surface area contributed by atoms with Crippen LogP contribution in [0.2, 0.25) is 0 Å². The highest BCUT2D eigenvalue weighted by Crippen LogP contribution is 2.31. The first kappa shape index (κ1) is 17.9. The average Bonchev–Trinajstić information content (AvgIpc) is 2.63. The topological polar surface area (TPSA) is 54.5 Å². The molecule has 1 aliphatic heterocycles. The number of carbonyl (C=O) groups is 3. The zero-order valence-electron chi connectivity index (χ0n) is 14.2. The summed E-state index contributed by atoms with van der Waals surface area (Å²) in [6.45, 7) is 12.2. The number of likely N-dealkylation sites (tertiary alicyclic amines) is 1. The summed E-state index contributed by atoms with van der Waals surface area (Å²) in [5.74, 6) is 0.450. The van der Waals surface area contributed by atoms with Gasteiger partial charge in [-0.1, -0.05) is 41.5 Å². The predicted octanol–water partition coefficient (Wildman–Crippen LogP) is 3.05. The molecule has 1 fully saturated rings. The Labute approximate surface area is 128 Å². The van der Waals surface area contributed by atoms with Gasteiger partial charge in [-0.3, -0.25) is 19.3 Å². The van der Waals surface area contributed by atoms with Gasteiger partial charge in [0, 0.05) is 24.8 Å². The molecule has 0 radical (unpaired) electrons.